The highest BCUT2D eigenvalue weighted by Gasteiger charge is 2.34. The van der Waals surface area contributed by atoms with Crippen molar-refractivity contribution in [3.8, 4) is 0 Å². The van der Waals surface area contributed by atoms with Gasteiger partial charge in [0.1, 0.15) is 16.3 Å². The summed E-state index contributed by atoms with van der Waals surface area (Å²) in [5, 5.41) is 14.3. The minimum Gasteiger partial charge on any atom is -0.383 e. The van der Waals surface area contributed by atoms with E-state index in [1.165, 1.54) is 11.8 Å². The smallest absolute Gasteiger partial charge is 0.242 e. The molecule has 3 N–H and O–H groups in total. The summed E-state index contributed by atoms with van der Waals surface area (Å²) in [6, 6.07) is 11.2. The molecular weight excluding hydrogens is 362 g/mol. The van der Waals surface area contributed by atoms with Crippen LogP contribution in [0.3, 0.4) is 0 Å². The number of hydrogen-bond donors (Lipinski definition) is 3. The highest BCUT2D eigenvalue weighted by molar-refractivity contribution is 7.89. The molecule has 27 heavy (non-hydrogen) atoms. The second-order valence-corrected chi connectivity index (χ2v) is 9.34. The Hall–Kier alpha value is -1.96. The number of pyridine rings is 1. The zero-order valence-corrected chi connectivity index (χ0v) is 16.0. The van der Waals surface area contributed by atoms with Gasteiger partial charge in [-0.15, -0.1) is 0 Å². The summed E-state index contributed by atoms with van der Waals surface area (Å²) in [7, 11) is -3.51. The molecule has 1 heterocycles. The molecule has 1 saturated carbocycles. The Labute approximate surface area is 160 Å². The molecule has 1 aromatic heterocycles. The lowest BCUT2D eigenvalue weighted by molar-refractivity contribution is 0.0322. The molecule has 7 heteroatoms. The minimum atomic E-state index is -3.51. The molecule has 2 aromatic rings. The van der Waals surface area contributed by atoms with Crippen LogP contribution < -0.4 is 10.0 Å². The molecule has 144 valence electrons. The van der Waals surface area contributed by atoms with E-state index < -0.39 is 15.6 Å². The van der Waals surface area contributed by atoms with Gasteiger partial charge >= 0.3 is 0 Å². The van der Waals surface area contributed by atoms with Crippen LogP contribution in [0.5, 0.6) is 0 Å². The van der Waals surface area contributed by atoms with Crippen molar-refractivity contribution in [1.82, 2.24) is 9.71 Å². The SMILES string of the molecule is O=S(=O)(NCC1CC1)c1ccc(NCC2(O)CCCc3ccccc32)nc1. The Kier molecular flexibility index (Phi) is 4.92. The van der Waals surface area contributed by atoms with Crippen molar-refractivity contribution >= 4 is 15.8 Å². The first-order valence-electron chi connectivity index (χ1n) is 9.47. The van der Waals surface area contributed by atoms with Gasteiger partial charge in [0.25, 0.3) is 0 Å². The molecule has 4 rings (SSSR count). The van der Waals surface area contributed by atoms with E-state index in [-0.39, 0.29) is 4.90 Å². The summed E-state index contributed by atoms with van der Waals surface area (Å²) >= 11 is 0. The quantitative estimate of drug-likeness (QED) is 0.679. The van der Waals surface area contributed by atoms with Crippen LogP contribution in [0.1, 0.15) is 36.8 Å². The third kappa shape index (κ3) is 4.15. The number of fused-ring (bicyclic) bond motifs is 1. The van der Waals surface area contributed by atoms with Crippen molar-refractivity contribution in [2.24, 2.45) is 5.92 Å². The lowest BCUT2D eigenvalue weighted by atomic mass is 9.79. The first-order valence-corrected chi connectivity index (χ1v) is 10.9. The average Bonchev–Trinajstić information content (AvgIpc) is 3.50. The van der Waals surface area contributed by atoms with Crippen molar-refractivity contribution in [3.05, 3.63) is 53.7 Å². The molecule has 1 aromatic carbocycles. The fourth-order valence-electron chi connectivity index (χ4n) is 3.60. The standard InChI is InChI=1S/C20H25N3O3S/c24-20(11-3-5-16-4-1-2-6-18(16)20)14-22-19-10-9-17(13-21-19)27(25,26)23-12-15-7-8-15/h1-2,4,6,9-10,13,15,23-24H,3,5,7-8,11-12,14H2,(H,21,22). The molecular formula is C20H25N3O3S. The van der Waals surface area contributed by atoms with Crippen LogP contribution in [0.2, 0.25) is 0 Å². The summed E-state index contributed by atoms with van der Waals surface area (Å²) in [6.07, 6.45) is 6.15. The summed E-state index contributed by atoms with van der Waals surface area (Å²) in [5.41, 5.74) is 1.21. The van der Waals surface area contributed by atoms with Gasteiger partial charge in [0, 0.05) is 19.3 Å². The molecule has 0 spiro atoms. The molecule has 1 fully saturated rings. The van der Waals surface area contributed by atoms with Gasteiger partial charge in [0.05, 0.1) is 0 Å². The van der Waals surface area contributed by atoms with Crippen LogP contribution >= 0.6 is 0 Å². The highest BCUT2D eigenvalue weighted by Crippen LogP contribution is 2.35. The van der Waals surface area contributed by atoms with Crippen molar-refractivity contribution in [1.29, 1.82) is 0 Å². The predicted octanol–water partition coefficient (Wildman–Crippen LogP) is 2.41. The molecule has 0 aliphatic heterocycles. The number of nitrogens with zero attached hydrogens (tertiary/aromatic N) is 1. The van der Waals surface area contributed by atoms with Gasteiger partial charge in [0.2, 0.25) is 10.0 Å². The Balaban J connectivity index is 1.42. The minimum absolute atomic E-state index is 0.162. The van der Waals surface area contributed by atoms with Crippen LogP contribution in [0.4, 0.5) is 5.82 Å². The number of aromatic nitrogens is 1. The van der Waals surface area contributed by atoms with E-state index in [4.69, 9.17) is 0 Å². The predicted molar refractivity (Wildman–Crippen MR) is 104 cm³/mol. The normalized spacial score (nSPS) is 22.3. The Bertz CT molecular complexity index is 910. The van der Waals surface area contributed by atoms with Gasteiger partial charge in [-0.05, 0) is 61.3 Å². The van der Waals surface area contributed by atoms with E-state index in [1.807, 2.05) is 18.2 Å². The molecule has 0 radical (unpaired) electrons. The number of aryl methyl sites for hydroxylation is 1. The number of hydrogen-bond acceptors (Lipinski definition) is 5. The third-order valence-electron chi connectivity index (χ3n) is 5.42. The lowest BCUT2D eigenvalue weighted by Crippen LogP contribution is -2.37. The van der Waals surface area contributed by atoms with Gasteiger partial charge in [-0.2, -0.15) is 0 Å². The lowest BCUT2D eigenvalue weighted by Gasteiger charge is -2.34. The second kappa shape index (κ2) is 7.22. The van der Waals surface area contributed by atoms with Gasteiger partial charge in [-0.3, -0.25) is 0 Å². The largest absolute Gasteiger partial charge is 0.383 e. The van der Waals surface area contributed by atoms with Crippen molar-refractivity contribution in [2.45, 2.75) is 42.6 Å². The third-order valence-corrected chi connectivity index (χ3v) is 6.83. The number of benzene rings is 1. The van der Waals surface area contributed by atoms with Crippen LogP contribution in [0.15, 0.2) is 47.5 Å². The zero-order chi connectivity index (χ0) is 18.9. The van der Waals surface area contributed by atoms with Gasteiger partial charge in [0.15, 0.2) is 0 Å². The molecule has 0 bridgehead atoms. The van der Waals surface area contributed by atoms with E-state index in [1.54, 1.807) is 12.1 Å². The van der Waals surface area contributed by atoms with Crippen molar-refractivity contribution in [3.63, 3.8) is 0 Å². The molecule has 0 amide bonds. The van der Waals surface area contributed by atoms with E-state index in [2.05, 4.69) is 21.1 Å². The van der Waals surface area contributed by atoms with Gasteiger partial charge in [-0.25, -0.2) is 18.1 Å². The maximum Gasteiger partial charge on any atom is 0.242 e. The summed E-state index contributed by atoms with van der Waals surface area (Å²) in [6.45, 7) is 0.831. The average molecular weight is 388 g/mol. The fraction of sp³-hybridized carbons (Fsp3) is 0.450. The van der Waals surface area contributed by atoms with Crippen molar-refractivity contribution in [2.75, 3.05) is 18.4 Å². The monoisotopic (exact) mass is 387 g/mol. The highest BCUT2D eigenvalue weighted by atomic mass is 32.2. The van der Waals surface area contributed by atoms with Crippen LogP contribution in [-0.2, 0) is 22.0 Å². The topological polar surface area (TPSA) is 91.3 Å². The number of sulfonamides is 1. The summed E-state index contributed by atoms with van der Waals surface area (Å²) < 4.78 is 27.1. The molecule has 0 saturated heterocycles. The Morgan fingerprint density at radius 1 is 1.19 bits per heavy atom. The number of rotatable bonds is 7. The second-order valence-electron chi connectivity index (χ2n) is 7.57. The van der Waals surface area contributed by atoms with Gasteiger partial charge < -0.3 is 10.4 Å². The maximum absolute atomic E-state index is 12.3. The van der Waals surface area contributed by atoms with Crippen molar-refractivity contribution < 1.29 is 13.5 Å². The fourth-order valence-corrected chi connectivity index (χ4v) is 4.66. The van der Waals surface area contributed by atoms with Crippen LogP contribution in [-0.4, -0.2) is 31.6 Å². The van der Waals surface area contributed by atoms with Crippen LogP contribution in [0, 0.1) is 5.92 Å². The van der Waals surface area contributed by atoms with Crippen LogP contribution in [0.25, 0.3) is 0 Å². The van der Waals surface area contributed by atoms with E-state index in [0.29, 0.717) is 31.2 Å². The van der Waals surface area contributed by atoms with E-state index in [0.717, 1.165) is 31.2 Å². The van der Waals surface area contributed by atoms with E-state index in [9.17, 15) is 13.5 Å². The maximum atomic E-state index is 12.3. The number of nitrogens with one attached hydrogen (secondary N) is 2. The molecule has 1 unspecified atom stereocenters. The zero-order valence-electron chi connectivity index (χ0n) is 15.2. The number of aliphatic hydroxyl groups is 1. The number of anilines is 1. The van der Waals surface area contributed by atoms with Gasteiger partial charge in [-0.1, -0.05) is 24.3 Å². The molecule has 2 aliphatic carbocycles. The van der Waals surface area contributed by atoms with E-state index >= 15 is 0 Å². The first-order chi connectivity index (χ1) is 13.0. The first kappa shape index (κ1) is 18.4. The Morgan fingerprint density at radius 2 is 2.00 bits per heavy atom. The molecule has 2 aliphatic rings. The summed E-state index contributed by atoms with van der Waals surface area (Å²) in [4.78, 5) is 4.38. The molecule has 1 atom stereocenters. The Morgan fingerprint density at radius 3 is 2.74 bits per heavy atom. The summed E-state index contributed by atoms with van der Waals surface area (Å²) in [5.74, 6) is 1.03. The molecule has 6 nitrogen and oxygen atoms in total.